The minimum absolute atomic E-state index is 0.302. The second-order valence-electron chi connectivity index (χ2n) is 3.65. The Labute approximate surface area is 107 Å². The van der Waals surface area contributed by atoms with Crippen LogP contribution in [0.4, 0.5) is 0 Å². The maximum atomic E-state index is 5.11. The molecule has 0 amide bonds. The maximum Gasteiger partial charge on any atom is 0.127 e. The zero-order valence-electron chi connectivity index (χ0n) is 9.24. The van der Waals surface area contributed by atoms with Gasteiger partial charge in [-0.15, -0.1) is 11.3 Å². The zero-order valence-corrected chi connectivity index (χ0v) is 11.6. The van der Waals surface area contributed by atoms with Crippen LogP contribution in [0.1, 0.15) is 10.6 Å². The molecule has 1 unspecified atom stereocenters. The van der Waals surface area contributed by atoms with Gasteiger partial charge in [0.25, 0.3) is 0 Å². The molecule has 2 aromatic rings. The van der Waals surface area contributed by atoms with Crippen LogP contribution in [0.15, 0.2) is 12.4 Å². The summed E-state index contributed by atoms with van der Waals surface area (Å²) in [6, 6.07) is 2.15. The minimum Gasteiger partial charge on any atom is -0.384 e. The van der Waals surface area contributed by atoms with Crippen molar-refractivity contribution in [1.82, 2.24) is 9.97 Å². The molecule has 0 aliphatic heterocycles. The van der Waals surface area contributed by atoms with E-state index in [0.717, 1.165) is 16.9 Å². The number of methoxy groups -OCH3 is 1. The molecule has 0 aromatic carbocycles. The lowest BCUT2D eigenvalue weighted by Crippen LogP contribution is -2.11. The zero-order chi connectivity index (χ0) is 11.5. The molecule has 0 radical (unpaired) electrons. The van der Waals surface area contributed by atoms with Crippen LogP contribution < -0.4 is 0 Å². The number of ether oxygens (including phenoxy) is 1. The first-order chi connectivity index (χ1) is 7.70. The lowest BCUT2D eigenvalue weighted by atomic mass is 10.2. The van der Waals surface area contributed by atoms with Gasteiger partial charge in [-0.05, 0) is 13.0 Å². The van der Waals surface area contributed by atoms with E-state index in [1.807, 2.05) is 0 Å². The highest BCUT2D eigenvalue weighted by molar-refractivity contribution is 9.09. The normalized spacial score (nSPS) is 13.2. The molecule has 86 valence electrons. The number of alkyl halides is 1. The van der Waals surface area contributed by atoms with Gasteiger partial charge >= 0.3 is 0 Å². The predicted molar refractivity (Wildman–Crippen MR) is 70.4 cm³/mol. The van der Waals surface area contributed by atoms with Gasteiger partial charge < -0.3 is 4.74 Å². The van der Waals surface area contributed by atoms with Crippen molar-refractivity contribution in [3.63, 3.8) is 0 Å². The molecule has 5 heteroatoms. The number of aryl methyl sites for hydroxylation is 1. The Hall–Kier alpha value is -0.520. The monoisotopic (exact) mass is 300 g/mol. The minimum atomic E-state index is 0.302. The Morgan fingerprint density at radius 3 is 3.06 bits per heavy atom. The first-order valence-electron chi connectivity index (χ1n) is 5.03. The first-order valence-corrected chi connectivity index (χ1v) is 6.77. The lowest BCUT2D eigenvalue weighted by molar-refractivity contribution is 0.200. The fraction of sp³-hybridized carbons (Fsp3) is 0.455. The third kappa shape index (κ3) is 2.59. The van der Waals surface area contributed by atoms with Crippen LogP contribution >= 0.6 is 27.3 Å². The Morgan fingerprint density at radius 2 is 2.31 bits per heavy atom. The van der Waals surface area contributed by atoms with Gasteiger partial charge in [-0.1, -0.05) is 15.9 Å². The highest BCUT2D eigenvalue weighted by Crippen LogP contribution is 2.26. The van der Waals surface area contributed by atoms with Crippen molar-refractivity contribution >= 4 is 37.5 Å². The molecular weight excluding hydrogens is 288 g/mol. The third-order valence-electron chi connectivity index (χ3n) is 2.30. The summed E-state index contributed by atoms with van der Waals surface area (Å²) >= 11 is 5.29. The van der Waals surface area contributed by atoms with Crippen molar-refractivity contribution in [3.8, 4) is 0 Å². The SMILES string of the molecule is COCC(Br)Cc1ncnc2sc(C)cc12. The van der Waals surface area contributed by atoms with Gasteiger partial charge in [0.1, 0.15) is 11.2 Å². The van der Waals surface area contributed by atoms with E-state index in [2.05, 4.69) is 38.9 Å². The van der Waals surface area contributed by atoms with E-state index < -0.39 is 0 Å². The van der Waals surface area contributed by atoms with Crippen LogP contribution in [0.25, 0.3) is 10.2 Å². The van der Waals surface area contributed by atoms with E-state index >= 15 is 0 Å². The van der Waals surface area contributed by atoms with Gasteiger partial charge in [-0.2, -0.15) is 0 Å². The van der Waals surface area contributed by atoms with E-state index in [0.29, 0.717) is 11.4 Å². The number of aromatic nitrogens is 2. The van der Waals surface area contributed by atoms with Gasteiger partial charge in [0, 0.05) is 28.6 Å². The third-order valence-corrected chi connectivity index (χ3v) is 3.84. The Balaban J connectivity index is 2.29. The smallest absolute Gasteiger partial charge is 0.127 e. The van der Waals surface area contributed by atoms with Crippen molar-refractivity contribution in [2.45, 2.75) is 18.2 Å². The highest BCUT2D eigenvalue weighted by atomic mass is 79.9. The van der Waals surface area contributed by atoms with Gasteiger partial charge in [0.2, 0.25) is 0 Å². The lowest BCUT2D eigenvalue weighted by Gasteiger charge is -2.08. The van der Waals surface area contributed by atoms with Crippen LogP contribution in [0, 0.1) is 6.92 Å². The topological polar surface area (TPSA) is 35.0 Å². The van der Waals surface area contributed by atoms with Gasteiger partial charge in [-0.25, -0.2) is 9.97 Å². The Kier molecular flexibility index (Phi) is 3.89. The molecule has 0 spiro atoms. The molecule has 0 bridgehead atoms. The summed E-state index contributed by atoms with van der Waals surface area (Å²) in [5.74, 6) is 0. The molecule has 2 aromatic heterocycles. The van der Waals surface area contributed by atoms with Crippen LogP contribution in [0.5, 0.6) is 0 Å². The summed E-state index contributed by atoms with van der Waals surface area (Å²) < 4.78 is 5.11. The van der Waals surface area contributed by atoms with Crippen LogP contribution in [0.2, 0.25) is 0 Å². The molecule has 1 atom stereocenters. The van der Waals surface area contributed by atoms with Gasteiger partial charge in [0.15, 0.2) is 0 Å². The van der Waals surface area contributed by atoms with Gasteiger partial charge in [0.05, 0.1) is 12.3 Å². The molecular formula is C11H13BrN2OS. The number of hydrogen-bond acceptors (Lipinski definition) is 4. The summed E-state index contributed by atoms with van der Waals surface area (Å²) in [5, 5.41) is 1.17. The molecule has 16 heavy (non-hydrogen) atoms. The molecule has 0 aliphatic rings. The van der Waals surface area contributed by atoms with Crippen LogP contribution in [0.3, 0.4) is 0 Å². The summed E-state index contributed by atoms with van der Waals surface area (Å²) in [4.78, 5) is 11.3. The molecule has 0 fully saturated rings. The van der Waals surface area contributed by atoms with E-state index in [4.69, 9.17) is 4.74 Å². The number of thiophene rings is 1. The molecule has 0 saturated carbocycles. The van der Waals surface area contributed by atoms with Crippen molar-refractivity contribution in [1.29, 1.82) is 0 Å². The summed E-state index contributed by atoms with van der Waals surface area (Å²) in [6.45, 7) is 2.78. The number of nitrogens with zero attached hydrogens (tertiary/aromatic N) is 2. The van der Waals surface area contributed by atoms with E-state index in [1.54, 1.807) is 24.8 Å². The fourth-order valence-electron chi connectivity index (χ4n) is 1.64. The highest BCUT2D eigenvalue weighted by Gasteiger charge is 2.11. The quantitative estimate of drug-likeness (QED) is 0.814. The largest absolute Gasteiger partial charge is 0.384 e. The molecule has 2 heterocycles. The summed E-state index contributed by atoms with van der Waals surface area (Å²) in [5.41, 5.74) is 1.09. The molecule has 0 saturated heterocycles. The standard InChI is InChI=1S/C11H13BrN2OS/c1-7-3-9-10(4-8(12)5-15-2)13-6-14-11(9)16-7/h3,6,8H,4-5H2,1-2H3. The van der Waals surface area contributed by atoms with Crippen molar-refractivity contribution in [3.05, 3.63) is 23.0 Å². The number of hydrogen-bond donors (Lipinski definition) is 0. The van der Waals surface area contributed by atoms with Crippen molar-refractivity contribution in [2.24, 2.45) is 0 Å². The van der Waals surface area contributed by atoms with E-state index in [9.17, 15) is 0 Å². The van der Waals surface area contributed by atoms with Crippen molar-refractivity contribution in [2.75, 3.05) is 13.7 Å². The number of rotatable bonds is 4. The average Bonchev–Trinajstić information content (AvgIpc) is 2.60. The second-order valence-corrected chi connectivity index (χ2v) is 6.18. The summed E-state index contributed by atoms with van der Waals surface area (Å²) in [7, 11) is 1.71. The number of fused-ring (bicyclic) bond motifs is 1. The van der Waals surface area contributed by atoms with Gasteiger partial charge in [-0.3, -0.25) is 0 Å². The van der Waals surface area contributed by atoms with Crippen molar-refractivity contribution < 1.29 is 4.74 Å². The fourth-order valence-corrected chi connectivity index (χ4v) is 3.08. The number of halogens is 1. The second kappa shape index (κ2) is 5.21. The predicted octanol–water partition coefficient (Wildman–Crippen LogP) is 2.95. The van der Waals surface area contributed by atoms with Crippen LogP contribution in [-0.2, 0) is 11.2 Å². The first kappa shape index (κ1) is 12.0. The Bertz CT molecular complexity index is 486. The van der Waals surface area contributed by atoms with Crippen LogP contribution in [-0.4, -0.2) is 28.5 Å². The maximum absolute atomic E-state index is 5.11. The Morgan fingerprint density at radius 1 is 1.50 bits per heavy atom. The summed E-state index contributed by atoms with van der Waals surface area (Å²) in [6.07, 6.45) is 2.50. The van der Waals surface area contributed by atoms with E-state index in [-0.39, 0.29) is 0 Å². The molecule has 3 nitrogen and oxygen atoms in total. The van der Waals surface area contributed by atoms with E-state index in [1.165, 1.54) is 10.3 Å². The molecule has 0 N–H and O–H groups in total. The average molecular weight is 301 g/mol. The molecule has 0 aliphatic carbocycles. The molecule has 2 rings (SSSR count).